The zero-order valence-electron chi connectivity index (χ0n) is 23.0. The molecule has 1 saturated heterocycles. The second-order valence-corrected chi connectivity index (χ2v) is 13.9. The third-order valence-corrected chi connectivity index (χ3v) is 10.2. The van der Waals surface area contributed by atoms with Crippen LogP contribution in [0, 0.1) is 5.41 Å². The molecule has 1 fully saturated rings. The Bertz CT molecular complexity index is 1470. The molecule has 2 atom stereocenters. The first-order chi connectivity index (χ1) is 20.0. The maximum Gasteiger partial charge on any atom is 0.400 e. The van der Waals surface area contributed by atoms with Crippen LogP contribution < -0.4 is 4.74 Å². The molecule has 0 radical (unpaired) electrons. The second-order valence-electron chi connectivity index (χ2n) is 10.3. The smallest absolute Gasteiger partial charge is 0.400 e. The van der Waals surface area contributed by atoms with E-state index in [1.54, 1.807) is 43.3 Å². The Morgan fingerprint density at radius 3 is 1.84 bits per heavy atom. The summed E-state index contributed by atoms with van der Waals surface area (Å²) in [6, 6.07) is 23.2. The van der Waals surface area contributed by atoms with Crippen molar-refractivity contribution in [3.05, 3.63) is 84.4 Å². The van der Waals surface area contributed by atoms with Gasteiger partial charge in [0.25, 0.3) is 0 Å². The lowest BCUT2D eigenvalue weighted by atomic mass is 9.90. The lowest BCUT2D eigenvalue weighted by Gasteiger charge is -2.43. The summed E-state index contributed by atoms with van der Waals surface area (Å²) in [6.07, 6.45) is -8.61. The molecule has 4 rings (SSSR count). The topological polar surface area (TPSA) is 82.1 Å². The van der Waals surface area contributed by atoms with Crippen molar-refractivity contribution in [3.8, 4) is 5.75 Å². The van der Waals surface area contributed by atoms with Crippen molar-refractivity contribution in [3.63, 3.8) is 0 Å². The molecular weight excluding hydrogens is 622 g/mol. The Hall–Kier alpha value is -2.78. The summed E-state index contributed by atoms with van der Waals surface area (Å²) in [6.45, 7) is 0.960. The van der Waals surface area contributed by atoms with Crippen molar-refractivity contribution in [1.82, 2.24) is 0 Å². The van der Waals surface area contributed by atoms with Gasteiger partial charge in [-0.1, -0.05) is 18.2 Å². The number of alkyl halides is 6. The number of ether oxygens (including phenoxy) is 3. The molecule has 0 bridgehead atoms. The summed E-state index contributed by atoms with van der Waals surface area (Å²) < 4.78 is 127. The summed E-state index contributed by atoms with van der Waals surface area (Å²) >= 11 is 0. The molecule has 3 aromatic rings. The zero-order valence-corrected chi connectivity index (χ0v) is 24.6. The lowest BCUT2D eigenvalue weighted by Crippen LogP contribution is -2.52. The van der Waals surface area contributed by atoms with E-state index >= 15 is 0 Å². The van der Waals surface area contributed by atoms with Gasteiger partial charge in [0, 0.05) is 12.0 Å². The highest BCUT2D eigenvalue weighted by atomic mass is 32.2. The Labute approximate surface area is 248 Å². The molecular formula is C29H29F6O6S2+. The molecule has 0 saturated carbocycles. The normalized spacial score (nSPS) is 23.0. The third-order valence-electron chi connectivity index (χ3n) is 7.02. The van der Waals surface area contributed by atoms with E-state index in [1.165, 1.54) is 0 Å². The van der Waals surface area contributed by atoms with E-state index in [0.29, 0.717) is 5.56 Å². The van der Waals surface area contributed by atoms with Crippen LogP contribution in [0.25, 0.3) is 0 Å². The van der Waals surface area contributed by atoms with Crippen molar-refractivity contribution >= 4 is 21.0 Å². The average Bonchev–Trinajstić information content (AvgIpc) is 2.95. The molecule has 0 spiro atoms. The van der Waals surface area contributed by atoms with Crippen LogP contribution in [0.2, 0.25) is 0 Å². The van der Waals surface area contributed by atoms with E-state index in [-0.39, 0.29) is 5.75 Å². The summed E-state index contributed by atoms with van der Waals surface area (Å²) in [7, 11) is -6.55. The summed E-state index contributed by atoms with van der Waals surface area (Å²) in [5.41, 5.74) is -1.56. The molecule has 14 heteroatoms. The fraction of sp³-hybridized carbons (Fsp3) is 0.379. The zero-order chi connectivity index (χ0) is 31.7. The number of benzene rings is 3. The van der Waals surface area contributed by atoms with Gasteiger partial charge in [0.1, 0.15) is 11.2 Å². The third kappa shape index (κ3) is 7.14. The summed E-state index contributed by atoms with van der Waals surface area (Å²) in [4.78, 5) is 2.66. The van der Waals surface area contributed by atoms with Crippen LogP contribution in [-0.4, -0.2) is 50.4 Å². The standard InChI is InChI=1S/C29H28F6O6S2/c1-26(29(33,34)35)18-40-27(2,41-19-26)20-8-12-23(13-9-20)42(22-6-4-3-5-7-22)24-14-10-21(11-15-24)39-17-16-25(30)28(31,32)43(36,37)38/h3-15,25H,16-19H2,1-2H3/p+1. The summed E-state index contributed by atoms with van der Waals surface area (Å²) in [5, 5.41) is -4.95. The molecule has 1 N–H and O–H groups in total. The van der Waals surface area contributed by atoms with E-state index in [4.69, 9.17) is 18.8 Å². The van der Waals surface area contributed by atoms with Gasteiger partial charge in [-0.25, -0.2) is 4.39 Å². The minimum absolute atomic E-state index is 0.225. The Balaban J connectivity index is 1.50. The minimum atomic E-state index is -5.91. The van der Waals surface area contributed by atoms with Gasteiger partial charge < -0.3 is 14.2 Å². The van der Waals surface area contributed by atoms with Crippen molar-refractivity contribution < 1.29 is 53.5 Å². The van der Waals surface area contributed by atoms with E-state index in [2.05, 4.69) is 0 Å². The number of hydrogen-bond donors (Lipinski definition) is 1. The molecule has 1 aliphatic heterocycles. The molecule has 6 nitrogen and oxygen atoms in total. The molecule has 1 heterocycles. The number of rotatable bonds is 10. The molecule has 1 aliphatic rings. The van der Waals surface area contributed by atoms with E-state index in [9.17, 15) is 34.8 Å². The molecule has 43 heavy (non-hydrogen) atoms. The maximum atomic E-state index is 13.7. The maximum absolute atomic E-state index is 13.7. The highest BCUT2D eigenvalue weighted by Crippen LogP contribution is 2.45. The molecule has 0 aromatic heterocycles. The van der Waals surface area contributed by atoms with E-state index < -0.39 is 76.1 Å². The van der Waals surface area contributed by atoms with E-state index in [0.717, 1.165) is 21.6 Å². The molecule has 234 valence electrons. The first-order valence-electron chi connectivity index (χ1n) is 12.9. The van der Waals surface area contributed by atoms with Crippen molar-refractivity contribution in [2.24, 2.45) is 5.41 Å². The molecule has 3 aromatic carbocycles. The van der Waals surface area contributed by atoms with Crippen molar-refractivity contribution in [2.45, 2.75) is 58.3 Å². The lowest BCUT2D eigenvalue weighted by molar-refractivity contribution is -0.354. The van der Waals surface area contributed by atoms with Gasteiger partial charge in [-0.15, -0.1) is 0 Å². The number of halogens is 6. The fourth-order valence-electron chi connectivity index (χ4n) is 4.15. The largest absolute Gasteiger partial charge is 0.493 e. The Morgan fingerprint density at radius 2 is 1.35 bits per heavy atom. The molecule has 2 unspecified atom stereocenters. The van der Waals surface area contributed by atoms with Gasteiger partial charge in [-0.05, 0) is 74.5 Å². The van der Waals surface area contributed by atoms with Crippen LogP contribution in [-0.2, 0) is 36.3 Å². The van der Waals surface area contributed by atoms with Crippen LogP contribution in [0.4, 0.5) is 26.3 Å². The van der Waals surface area contributed by atoms with Crippen molar-refractivity contribution in [2.75, 3.05) is 19.8 Å². The van der Waals surface area contributed by atoms with Crippen LogP contribution in [0.1, 0.15) is 25.8 Å². The summed E-state index contributed by atoms with van der Waals surface area (Å²) in [5.74, 6) is -1.14. The number of hydrogen-bond acceptors (Lipinski definition) is 5. The monoisotopic (exact) mass is 651 g/mol. The van der Waals surface area contributed by atoms with Gasteiger partial charge in [0.05, 0.1) is 30.7 Å². The fourth-order valence-corrected chi connectivity index (χ4v) is 6.65. The first-order valence-corrected chi connectivity index (χ1v) is 15.6. The Morgan fingerprint density at radius 1 is 0.860 bits per heavy atom. The van der Waals surface area contributed by atoms with Gasteiger partial charge in [-0.2, -0.15) is 30.4 Å². The van der Waals surface area contributed by atoms with Gasteiger partial charge in [0.15, 0.2) is 26.6 Å². The van der Waals surface area contributed by atoms with Gasteiger partial charge >= 0.3 is 21.5 Å². The van der Waals surface area contributed by atoms with Crippen LogP contribution in [0.5, 0.6) is 5.75 Å². The molecule has 0 aliphatic carbocycles. The minimum Gasteiger partial charge on any atom is -0.493 e. The second kappa shape index (κ2) is 12.3. The van der Waals surface area contributed by atoms with Gasteiger partial charge in [-0.3, -0.25) is 4.55 Å². The van der Waals surface area contributed by atoms with Crippen LogP contribution in [0.15, 0.2) is 93.5 Å². The SMILES string of the molecule is CC1(c2ccc([S+](c3ccccc3)c3ccc(OCCC(F)C(F)(F)S(=O)(=O)O)cc3)cc2)OCC(C)(C(F)(F)F)CO1. The molecule has 0 amide bonds. The average molecular weight is 652 g/mol. The predicted molar refractivity (Wildman–Crippen MR) is 146 cm³/mol. The van der Waals surface area contributed by atoms with Crippen LogP contribution >= 0.6 is 0 Å². The highest BCUT2D eigenvalue weighted by molar-refractivity contribution is 7.97. The quantitative estimate of drug-likeness (QED) is 0.142. The van der Waals surface area contributed by atoms with Crippen LogP contribution in [0.3, 0.4) is 0 Å². The van der Waals surface area contributed by atoms with Crippen molar-refractivity contribution in [1.29, 1.82) is 0 Å². The first kappa shape index (κ1) is 33.1. The highest BCUT2D eigenvalue weighted by Gasteiger charge is 2.56. The van der Waals surface area contributed by atoms with Gasteiger partial charge in [0.2, 0.25) is 0 Å². The Kier molecular flexibility index (Phi) is 9.48. The van der Waals surface area contributed by atoms with E-state index in [1.807, 2.05) is 42.5 Å². The predicted octanol–water partition coefficient (Wildman–Crippen LogP) is 7.16.